The van der Waals surface area contributed by atoms with Crippen molar-refractivity contribution in [2.24, 2.45) is 5.41 Å². The molecule has 0 fully saturated rings. The summed E-state index contributed by atoms with van der Waals surface area (Å²) in [7, 11) is 0. The van der Waals surface area contributed by atoms with Crippen molar-refractivity contribution in [2.75, 3.05) is 13.2 Å². The fraction of sp³-hybridized carbons (Fsp3) is 1.00. The zero-order chi connectivity index (χ0) is 9.61. The molecule has 0 bridgehead atoms. The molecule has 2 heteroatoms. The monoisotopic (exact) mass is 174 g/mol. The van der Waals surface area contributed by atoms with E-state index in [0.717, 1.165) is 26.1 Å². The molecule has 0 aromatic heterocycles. The molecule has 0 saturated carbocycles. The molecular weight excluding hydrogens is 152 g/mol. The van der Waals surface area contributed by atoms with Crippen LogP contribution >= 0.6 is 0 Å². The average Bonchev–Trinajstić information content (AvgIpc) is 1.84. The number of rotatable bonds is 6. The smallest absolute Gasteiger partial charge is 0.0518 e. The molecule has 0 aliphatic rings. The number of hydrogen-bond acceptors (Lipinski definition) is 2. The minimum absolute atomic E-state index is 0.101. The van der Waals surface area contributed by atoms with E-state index in [1.165, 1.54) is 0 Å². The van der Waals surface area contributed by atoms with E-state index in [-0.39, 0.29) is 11.5 Å². The molecule has 0 radical (unpaired) electrons. The summed E-state index contributed by atoms with van der Waals surface area (Å²) in [5.74, 6) is 0. The molecule has 1 N–H and O–H groups in total. The van der Waals surface area contributed by atoms with Crippen LogP contribution < -0.4 is 0 Å². The molecule has 1 unspecified atom stereocenters. The third-order valence-electron chi connectivity index (χ3n) is 1.69. The van der Waals surface area contributed by atoms with Crippen molar-refractivity contribution < 1.29 is 9.84 Å². The summed E-state index contributed by atoms with van der Waals surface area (Å²) in [6.45, 7) is 9.73. The SMILES string of the molecule is CCCOCC(C)(C)CC(C)O. The molecule has 74 valence electrons. The molecule has 2 nitrogen and oxygen atoms in total. The summed E-state index contributed by atoms with van der Waals surface area (Å²) in [6, 6.07) is 0. The van der Waals surface area contributed by atoms with Crippen molar-refractivity contribution in [1.29, 1.82) is 0 Å². The van der Waals surface area contributed by atoms with Gasteiger partial charge in [0.15, 0.2) is 0 Å². The van der Waals surface area contributed by atoms with Crippen LogP contribution in [0.2, 0.25) is 0 Å². The predicted octanol–water partition coefficient (Wildman–Crippen LogP) is 2.21. The third kappa shape index (κ3) is 6.62. The first kappa shape index (κ1) is 11.9. The lowest BCUT2D eigenvalue weighted by atomic mass is 9.88. The molecule has 12 heavy (non-hydrogen) atoms. The molecule has 0 aromatic carbocycles. The minimum Gasteiger partial charge on any atom is -0.393 e. The van der Waals surface area contributed by atoms with Gasteiger partial charge in [-0.2, -0.15) is 0 Å². The Morgan fingerprint density at radius 1 is 1.42 bits per heavy atom. The topological polar surface area (TPSA) is 29.5 Å². The van der Waals surface area contributed by atoms with Crippen molar-refractivity contribution in [1.82, 2.24) is 0 Å². The molecule has 0 amide bonds. The Morgan fingerprint density at radius 2 is 2.00 bits per heavy atom. The lowest BCUT2D eigenvalue weighted by Crippen LogP contribution is -2.24. The van der Waals surface area contributed by atoms with Gasteiger partial charge >= 0.3 is 0 Å². The van der Waals surface area contributed by atoms with Crippen LogP contribution in [0.25, 0.3) is 0 Å². The first-order valence-corrected chi connectivity index (χ1v) is 4.74. The van der Waals surface area contributed by atoms with Crippen LogP contribution in [-0.4, -0.2) is 24.4 Å². The molecule has 0 heterocycles. The maximum atomic E-state index is 9.19. The molecule has 1 atom stereocenters. The molecule has 0 aliphatic carbocycles. The highest BCUT2D eigenvalue weighted by atomic mass is 16.5. The van der Waals surface area contributed by atoms with Gasteiger partial charge in [-0.25, -0.2) is 0 Å². The second kappa shape index (κ2) is 5.55. The normalized spacial score (nSPS) is 14.8. The van der Waals surface area contributed by atoms with Crippen molar-refractivity contribution >= 4 is 0 Å². The number of aliphatic hydroxyl groups is 1. The maximum Gasteiger partial charge on any atom is 0.0518 e. The van der Waals surface area contributed by atoms with Gasteiger partial charge in [-0.3, -0.25) is 0 Å². The zero-order valence-corrected chi connectivity index (χ0v) is 8.76. The predicted molar refractivity (Wildman–Crippen MR) is 51.2 cm³/mol. The van der Waals surface area contributed by atoms with Gasteiger partial charge < -0.3 is 9.84 Å². The van der Waals surface area contributed by atoms with E-state index in [0.29, 0.717) is 0 Å². The molecule has 0 saturated heterocycles. The Bertz CT molecular complexity index is 108. The van der Waals surface area contributed by atoms with Gasteiger partial charge in [0.1, 0.15) is 0 Å². The Morgan fingerprint density at radius 3 is 2.42 bits per heavy atom. The Hall–Kier alpha value is -0.0800. The molecule has 0 aromatic rings. The summed E-state index contributed by atoms with van der Waals surface area (Å²) >= 11 is 0. The maximum absolute atomic E-state index is 9.19. The van der Waals surface area contributed by atoms with Crippen LogP contribution in [0.3, 0.4) is 0 Å². The molecular formula is C10H22O2. The van der Waals surface area contributed by atoms with E-state index in [4.69, 9.17) is 4.74 Å². The largest absolute Gasteiger partial charge is 0.393 e. The summed E-state index contributed by atoms with van der Waals surface area (Å²) in [5.41, 5.74) is 0.101. The highest BCUT2D eigenvalue weighted by Gasteiger charge is 2.20. The van der Waals surface area contributed by atoms with Gasteiger partial charge in [0.2, 0.25) is 0 Å². The summed E-state index contributed by atoms with van der Waals surface area (Å²) in [5, 5.41) is 9.19. The van der Waals surface area contributed by atoms with E-state index < -0.39 is 0 Å². The Labute approximate surface area is 75.9 Å². The average molecular weight is 174 g/mol. The quantitative estimate of drug-likeness (QED) is 0.626. The van der Waals surface area contributed by atoms with Crippen molar-refractivity contribution in [3.63, 3.8) is 0 Å². The van der Waals surface area contributed by atoms with E-state index in [1.807, 2.05) is 6.92 Å². The van der Waals surface area contributed by atoms with Crippen LogP contribution in [0.5, 0.6) is 0 Å². The van der Waals surface area contributed by atoms with Crippen molar-refractivity contribution in [2.45, 2.75) is 46.6 Å². The van der Waals surface area contributed by atoms with E-state index >= 15 is 0 Å². The zero-order valence-electron chi connectivity index (χ0n) is 8.76. The fourth-order valence-electron chi connectivity index (χ4n) is 1.35. The van der Waals surface area contributed by atoms with Crippen LogP contribution in [0, 0.1) is 5.41 Å². The Kier molecular flexibility index (Phi) is 5.51. The number of ether oxygens (including phenoxy) is 1. The van der Waals surface area contributed by atoms with Crippen LogP contribution in [0.15, 0.2) is 0 Å². The van der Waals surface area contributed by atoms with Crippen LogP contribution in [-0.2, 0) is 4.74 Å². The first-order valence-electron chi connectivity index (χ1n) is 4.74. The van der Waals surface area contributed by atoms with Gasteiger partial charge in [-0.1, -0.05) is 20.8 Å². The second-order valence-corrected chi connectivity index (χ2v) is 4.27. The Balaban J connectivity index is 3.56. The summed E-state index contributed by atoms with van der Waals surface area (Å²) in [4.78, 5) is 0. The van der Waals surface area contributed by atoms with Gasteiger partial charge in [0.25, 0.3) is 0 Å². The third-order valence-corrected chi connectivity index (χ3v) is 1.69. The standard InChI is InChI=1S/C10H22O2/c1-5-6-12-8-10(3,4)7-9(2)11/h9,11H,5-8H2,1-4H3. The minimum atomic E-state index is -0.231. The lowest BCUT2D eigenvalue weighted by Gasteiger charge is -2.25. The first-order chi connectivity index (χ1) is 5.48. The highest BCUT2D eigenvalue weighted by molar-refractivity contribution is 4.70. The summed E-state index contributed by atoms with van der Waals surface area (Å²) in [6.07, 6.45) is 1.63. The van der Waals surface area contributed by atoms with Gasteiger partial charge in [-0.15, -0.1) is 0 Å². The van der Waals surface area contributed by atoms with Gasteiger partial charge in [-0.05, 0) is 25.2 Å². The molecule has 0 rings (SSSR count). The van der Waals surface area contributed by atoms with E-state index in [1.54, 1.807) is 0 Å². The van der Waals surface area contributed by atoms with E-state index in [9.17, 15) is 5.11 Å². The molecule has 0 aliphatic heterocycles. The van der Waals surface area contributed by atoms with Gasteiger partial charge in [0.05, 0.1) is 12.7 Å². The van der Waals surface area contributed by atoms with Gasteiger partial charge in [0, 0.05) is 6.61 Å². The van der Waals surface area contributed by atoms with Crippen molar-refractivity contribution in [3.8, 4) is 0 Å². The van der Waals surface area contributed by atoms with E-state index in [2.05, 4.69) is 20.8 Å². The number of aliphatic hydroxyl groups excluding tert-OH is 1. The highest BCUT2D eigenvalue weighted by Crippen LogP contribution is 2.22. The van der Waals surface area contributed by atoms with Crippen LogP contribution in [0.1, 0.15) is 40.5 Å². The summed E-state index contributed by atoms with van der Waals surface area (Å²) < 4.78 is 5.44. The second-order valence-electron chi connectivity index (χ2n) is 4.27. The van der Waals surface area contributed by atoms with Crippen LogP contribution in [0.4, 0.5) is 0 Å². The fourth-order valence-corrected chi connectivity index (χ4v) is 1.35. The molecule has 0 spiro atoms. The number of hydrogen-bond donors (Lipinski definition) is 1. The van der Waals surface area contributed by atoms with Crippen molar-refractivity contribution in [3.05, 3.63) is 0 Å². The lowest BCUT2D eigenvalue weighted by molar-refractivity contribution is 0.0317.